The monoisotopic (exact) mass is 386 g/mol. The van der Waals surface area contributed by atoms with E-state index in [2.05, 4.69) is 0 Å². The Balaban J connectivity index is 2.17. The average molecular weight is 386 g/mol. The Morgan fingerprint density at radius 2 is 1.78 bits per heavy atom. The van der Waals surface area contributed by atoms with Crippen LogP contribution in [0.3, 0.4) is 0 Å². The molecule has 1 heterocycles. The van der Waals surface area contributed by atoms with E-state index in [1.54, 1.807) is 19.1 Å². The summed E-state index contributed by atoms with van der Waals surface area (Å²) in [7, 11) is -4.30. The lowest BCUT2D eigenvalue weighted by Gasteiger charge is -2.13. The van der Waals surface area contributed by atoms with Crippen LogP contribution in [0.5, 0.6) is 5.75 Å². The molecule has 1 aromatic heterocycles. The predicted octanol–water partition coefficient (Wildman–Crippen LogP) is 3.53. The van der Waals surface area contributed by atoms with Crippen molar-refractivity contribution in [3.8, 4) is 16.9 Å². The van der Waals surface area contributed by atoms with Crippen molar-refractivity contribution in [2.24, 2.45) is 0 Å². The molecule has 0 spiro atoms. The number of rotatable bonds is 6. The van der Waals surface area contributed by atoms with Gasteiger partial charge >= 0.3 is 16.1 Å². The van der Waals surface area contributed by atoms with Gasteiger partial charge in [-0.1, -0.05) is 29.8 Å². The summed E-state index contributed by atoms with van der Waals surface area (Å²) in [5.41, 5.74) is 0.833. The van der Waals surface area contributed by atoms with Crippen molar-refractivity contribution in [1.82, 2.24) is 0 Å². The minimum absolute atomic E-state index is 0.0740. The Morgan fingerprint density at radius 1 is 1.07 bits per heavy atom. The molecule has 0 aliphatic heterocycles. The number of aromatic carboxylic acids is 1. The Hall–Kier alpha value is -3.39. The van der Waals surface area contributed by atoms with Gasteiger partial charge in [-0.25, -0.2) is 4.79 Å². The summed E-state index contributed by atoms with van der Waals surface area (Å²) in [5.74, 6) is -1.84. The fourth-order valence-electron chi connectivity index (χ4n) is 2.50. The van der Waals surface area contributed by atoms with Gasteiger partial charge in [0.15, 0.2) is 17.8 Å². The zero-order valence-electron chi connectivity index (χ0n) is 14.1. The van der Waals surface area contributed by atoms with Crippen LogP contribution < -0.4 is 4.18 Å². The van der Waals surface area contributed by atoms with Gasteiger partial charge in [-0.05, 0) is 31.2 Å². The van der Waals surface area contributed by atoms with Gasteiger partial charge in [0.25, 0.3) is 0 Å². The zero-order valence-corrected chi connectivity index (χ0v) is 14.9. The highest BCUT2D eigenvalue weighted by atomic mass is 32.2. The molecule has 3 rings (SSSR count). The van der Waals surface area contributed by atoms with Crippen molar-refractivity contribution >= 4 is 22.4 Å². The molecular weight excluding hydrogens is 372 g/mol. The first-order chi connectivity index (χ1) is 12.8. The molecule has 0 amide bonds. The van der Waals surface area contributed by atoms with E-state index < -0.39 is 21.8 Å². The van der Waals surface area contributed by atoms with Crippen LogP contribution in [0.4, 0.5) is 0 Å². The van der Waals surface area contributed by atoms with E-state index in [9.17, 15) is 23.1 Å². The van der Waals surface area contributed by atoms with Gasteiger partial charge in [0, 0.05) is 11.1 Å². The lowest BCUT2D eigenvalue weighted by atomic mass is 10.0. The Labute approximate surface area is 154 Å². The van der Waals surface area contributed by atoms with Crippen molar-refractivity contribution < 1.29 is 31.7 Å². The molecule has 8 heteroatoms. The average Bonchev–Trinajstić information content (AvgIpc) is 3.10. The number of aldehydes is 1. The zero-order chi connectivity index (χ0) is 19.6. The van der Waals surface area contributed by atoms with Crippen LogP contribution in [-0.4, -0.2) is 25.8 Å². The normalized spacial score (nSPS) is 11.1. The van der Waals surface area contributed by atoms with E-state index in [1.807, 2.05) is 0 Å². The SMILES string of the molecule is Cc1ccc(S(=O)(=O)Oc2c(C(=O)O)cccc2-c2ccoc2C=O)cc1. The largest absolute Gasteiger partial charge is 0.478 e. The predicted molar refractivity (Wildman–Crippen MR) is 95.5 cm³/mol. The molecule has 3 aromatic rings. The molecule has 0 unspecified atom stereocenters. The molecule has 0 fully saturated rings. The number of carboxylic acid groups (broad SMARTS) is 1. The molecule has 0 bridgehead atoms. The van der Waals surface area contributed by atoms with Gasteiger partial charge in [-0.2, -0.15) is 8.42 Å². The third-order valence-electron chi connectivity index (χ3n) is 3.84. The molecule has 0 aliphatic carbocycles. The van der Waals surface area contributed by atoms with Crippen LogP contribution >= 0.6 is 0 Å². The molecule has 1 N–H and O–H groups in total. The molecule has 2 aromatic carbocycles. The summed E-state index contributed by atoms with van der Waals surface area (Å²) in [4.78, 5) is 22.6. The second-order valence-corrected chi connectivity index (χ2v) is 7.20. The summed E-state index contributed by atoms with van der Waals surface area (Å²) >= 11 is 0. The van der Waals surface area contributed by atoms with Gasteiger partial charge in [0.1, 0.15) is 10.5 Å². The highest BCUT2D eigenvalue weighted by Gasteiger charge is 2.25. The second-order valence-electron chi connectivity index (χ2n) is 5.65. The minimum atomic E-state index is -4.30. The summed E-state index contributed by atoms with van der Waals surface area (Å²) < 4.78 is 35.6. The molecule has 7 nitrogen and oxygen atoms in total. The third-order valence-corrected chi connectivity index (χ3v) is 5.08. The molecule has 27 heavy (non-hydrogen) atoms. The Bertz CT molecular complexity index is 1110. The maximum atomic E-state index is 12.7. The molecular formula is C19H14O7S. The standard InChI is InChI=1S/C19H14O7S/c1-12-5-7-13(8-6-12)27(23,24)26-18-15(3-2-4-16(18)19(21)22)14-9-10-25-17(14)11-20/h2-11H,1H3,(H,21,22). The Kier molecular flexibility index (Phi) is 4.83. The molecule has 0 atom stereocenters. The van der Waals surface area contributed by atoms with Crippen molar-refractivity contribution in [1.29, 1.82) is 0 Å². The second kappa shape index (κ2) is 7.08. The van der Waals surface area contributed by atoms with Crippen molar-refractivity contribution in [3.05, 3.63) is 71.7 Å². The minimum Gasteiger partial charge on any atom is -0.478 e. The Morgan fingerprint density at radius 3 is 2.41 bits per heavy atom. The van der Waals surface area contributed by atoms with Crippen molar-refractivity contribution in [3.63, 3.8) is 0 Å². The van der Waals surface area contributed by atoms with Crippen molar-refractivity contribution in [2.75, 3.05) is 0 Å². The third kappa shape index (κ3) is 3.61. The quantitative estimate of drug-likeness (QED) is 0.509. The van der Waals surface area contributed by atoms with Crippen LogP contribution in [0.2, 0.25) is 0 Å². The topological polar surface area (TPSA) is 111 Å². The number of para-hydroxylation sites is 1. The van der Waals surface area contributed by atoms with E-state index in [0.29, 0.717) is 6.29 Å². The van der Waals surface area contributed by atoms with E-state index in [0.717, 1.165) is 5.56 Å². The van der Waals surface area contributed by atoms with Crippen LogP contribution in [-0.2, 0) is 10.1 Å². The van der Waals surface area contributed by atoms with E-state index in [4.69, 9.17) is 8.60 Å². The van der Waals surface area contributed by atoms with Gasteiger partial charge in [0.2, 0.25) is 0 Å². The van der Waals surface area contributed by atoms with Crippen LogP contribution in [0, 0.1) is 6.92 Å². The van der Waals surface area contributed by atoms with Crippen LogP contribution in [0.25, 0.3) is 11.1 Å². The molecule has 0 saturated carbocycles. The number of carbonyl (C=O) groups excluding carboxylic acids is 1. The number of carboxylic acids is 1. The van der Waals surface area contributed by atoms with Gasteiger partial charge in [0.05, 0.1) is 6.26 Å². The van der Waals surface area contributed by atoms with E-state index in [-0.39, 0.29) is 27.3 Å². The number of benzene rings is 2. The number of hydrogen-bond acceptors (Lipinski definition) is 6. The fourth-order valence-corrected chi connectivity index (χ4v) is 3.47. The van der Waals surface area contributed by atoms with Crippen LogP contribution in [0.15, 0.2) is 64.1 Å². The number of aryl methyl sites for hydroxylation is 1. The molecule has 0 radical (unpaired) electrons. The number of carbonyl (C=O) groups is 2. The highest BCUT2D eigenvalue weighted by Crippen LogP contribution is 2.37. The summed E-state index contributed by atoms with van der Waals surface area (Å²) in [6.07, 6.45) is 1.69. The maximum Gasteiger partial charge on any atom is 0.339 e. The van der Waals surface area contributed by atoms with Crippen LogP contribution in [0.1, 0.15) is 26.5 Å². The smallest absolute Gasteiger partial charge is 0.339 e. The summed E-state index contributed by atoms with van der Waals surface area (Å²) in [5, 5.41) is 9.45. The summed E-state index contributed by atoms with van der Waals surface area (Å²) in [6, 6.07) is 11.4. The number of hydrogen-bond donors (Lipinski definition) is 1. The first kappa shape index (κ1) is 18.4. The lowest BCUT2D eigenvalue weighted by Crippen LogP contribution is -2.13. The lowest BCUT2D eigenvalue weighted by molar-refractivity contribution is 0.0695. The van der Waals surface area contributed by atoms with Crippen molar-refractivity contribution in [2.45, 2.75) is 11.8 Å². The number of furan rings is 1. The van der Waals surface area contributed by atoms with E-state index >= 15 is 0 Å². The first-order valence-corrected chi connectivity index (χ1v) is 9.15. The molecule has 0 saturated heterocycles. The maximum absolute atomic E-state index is 12.7. The van der Waals surface area contributed by atoms with Gasteiger partial charge in [-0.3, -0.25) is 4.79 Å². The van der Waals surface area contributed by atoms with Gasteiger partial charge in [-0.15, -0.1) is 0 Å². The highest BCUT2D eigenvalue weighted by molar-refractivity contribution is 7.87. The molecule has 138 valence electrons. The first-order valence-electron chi connectivity index (χ1n) is 7.74. The molecule has 0 aliphatic rings. The van der Waals surface area contributed by atoms with E-state index in [1.165, 1.54) is 42.7 Å². The summed E-state index contributed by atoms with van der Waals surface area (Å²) in [6.45, 7) is 1.80. The fraction of sp³-hybridized carbons (Fsp3) is 0.0526. The van der Waals surface area contributed by atoms with Gasteiger partial charge < -0.3 is 13.7 Å².